The molecular weight excluding hydrogens is 420 g/mol. The molecule has 0 aliphatic heterocycles. The maximum absolute atomic E-state index is 12.6. The van der Waals surface area contributed by atoms with Gasteiger partial charge in [-0.3, -0.25) is 9.48 Å². The zero-order valence-corrected chi connectivity index (χ0v) is 18.7. The minimum absolute atomic E-state index is 0.197. The van der Waals surface area contributed by atoms with Gasteiger partial charge in [-0.25, -0.2) is 9.48 Å². The number of H-pyrrole nitrogens is 1. The number of benzene rings is 2. The number of ether oxygens (including phenoxy) is 1. The first-order valence-corrected chi connectivity index (χ1v) is 11.0. The molecule has 2 aromatic heterocycles. The molecule has 9 heteroatoms. The van der Waals surface area contributed by atoms with E-state index in [0.29, 0.717) is 18.9 Å². The summed E-state index contributed by atoms with van der Waals surface area (Å²) in [5, 5.41) is 14.3. The van der Waals surface area contributed by atoms with Gasteiger partial charge in [0.05, 0.1) is 13.2 Å². The van der Waals surface area contributed by atoms with Crippen LogP contribution < -0.4 is 5.56 Å². The van der Waals surface area contributed by atoms with E-state index in [2.05, 4.69) is 27.5 Å². The van der Waals surface area contributed by atoms with Gasteiger partial charge < -0.3 is 4.74 Å². The fourth-order valence-electron chi connectivity index (χ4n) is 3.76. The summed E-state index contributed by atoms with van der Waals surface area (Å²) in [6.07, 6.45) is 1.79. The van der Waals surface area contributed by atoms with Crippen molar-refractivity contribution in [1.29, 1.82) is 0 Å². The number of aromatic nitrogens is 6. The van der Waals surface area contributed by atoms with E-state index >= 15 is 0 Å². The van der Waals surface area contributed by atoms with Crippen molar-refractivity contribution >= 4 is 5.97 Å². The van der Waals surface area contributed by atoms with Gasteiger partial charge in [-0.05, 0) is 35.2 Å². The molecule has 4 aromatic rings. The third-order valence-electron chi connectivity index (χ3n) is 5.40. The van der Waals surface area contributed by atoms with Crippen LogP contribution >= 0.6 is 0 Å². The topological polar surface area (TPSA) is 108 Å². The van der Waals surface area contributed by atoms with Crippen molar-refractivity contribution in [2.24, 2.45) is 0 Å². The zero-order chi connectivity index (χ0) is 23.2. The molecular formula is C24H26N6O3. The van der Waals surface area contributed by atoms with Crippen LogP contribution in [0.25, 0.3) is 22.5 Å². The van der Waals surface area contributed by atoms with Gasteiger partial charge in [0.1, 0.15) is 5.69 Å². The fraction of sp³-hybridized carbons (Fsp3) is 0.292. The molecule has 0 bridgehead atoms. The number of rotatable bonds is 9. The Morgan fingerprint density at radius 3 is 2.45 bits per heavy atom. The molecule has 0 amide bonds. The lowest BCUT2D eigenvalue weighted by molar-refractivity contribution is 0.0510. The monoisotopic (exact) mass is 446 g/mol. The Labute approximate surface area is 191 Å². The molecule has 0 aliphatic rings. The standard InChI is InChI=1S/C24H26N6O3/c1-3-5-14-29-22(31)15-21(24(32)33-4-2)30(29)16-17-10-12-18(13-11-17)19-8-6-7-9-20(19)23-25-27-28-26-23/h6-13,15H,3-5,14,16H2,1-2H3,(H,25,26,27,28). The van der Waals surface area contributed by atoms with Crippen LogP contribution in [0.4, 0.5) is 0 Å². The molecule has 0 saturated carbocycles. The maximum Gasteiger partial charge on any atom is 0.356 e. The van der Waals surface area contributed by atoms with Crippen molar-refractivity contribution in [2.75, 3.05) is 6.61 Å². The molecule has 2 aromatic carbocycles. The first kappa shape index (κ1) is 22.2. The fourth-order valence-corrected chi connectivity index (χ4v) is 3.76. The van der Waals surface area contributed by atoms with Gasteiger partial charge in [0, 0.05) is 18.2 Å². The highest BCUT2D eigenvalue weighted by atomic mass is 16.5. The third-order valence-corrected chi connectivity index (χ3v) is 5.40. The van der Waals surface area contributed by atoms with Crippen LogP contribution in [0.3, 0.4) is 0 Å². The van der Waals surface area contributed by atoms with Gasteiger partial charge in [0.2, 0.25) is 5.82 Å². The molecule has 2 heterocycles. The Kier molecular flexibility index (Phi) is 6.77. The molecule has 0 saturated heterocycles. The van der Waals surface area contributed by atoms with Crippen molar-refractivity contribution in [1.82, 2.24) is 30.0 Å². The highest BCUT2D eigenvalue weighted by molar-refractivity contribution is 5.87. The Balaban J connectivity index is 1.65. The van der Waals surface area contributed by atoms with Crippen molar-refractivity contribution < 1.29 is 9.53 Å². The summed E-state index contributed by atoms with van der Waals surface area (Å²) in [7, 11) is 0. The summed E-state index contributed by atoms with van der Waals surface area (Å²) in [6.45, 7) is 4.99. The maximum atomic E-state index is 12.6. The first-order chi connectivity index (χ1) is 16.1. The van der Waals surface area contributed by atoms with E-state index in [9.17, 15) is 9.59 Å². The van der Waals surface area contributed by atoms with E-state index in [0.717, 1.165) is 35.1 Å². The Bertz CT molecular complexity index is 1270. The highest BCUT2D eigenvalue weighted by Crippen LogP contribution is 2.29. The quantitative estimate of drug-likeness (QED) is 0.394. The summed E-state index contributed by atoms with van der Waals surface area (Å²) in [5.74, 6) is 0.0385. The SMILES string of the molecule is CCCCn1c(=O)cc(C(=O)OCC)n1Cc1ccc(-c2ccccc2-c2nn[nH]n2)cc1. The first-order valence-electron chi connectivity index (χ1n) is 11.0. The smallest absolute Gasteiger partial charge is 0.356 e. The van der Waals surface area contributed by atoms with Crippen LogP contribution in [-0.2, 0) is 17.8 Å². The normalized spacial score (nSPS) is 11.0. The van der Waals surface area contributed by atoms with Crippen LogP contribution in [0.2, 0.25) is 0 Å². The lowest BCUT2D eigenvalue weighted by Crippen LogP contribution is -2.25. The van der Waals surface area contributed by atoms with Gasteiger partial charge in [-0.2, -0.15) is 5.21 Å². The summed E-state index contributed by atoms with van der Waals surface area (Å²) in [5.41, 5.74) is 3.89. The lowest BCUT2D eigenvalue weighted by Gasteiger charge is -2.15. The van der Waals surface area contributed by atoms with Crippen molar-refractivity contribution in [3.63, 3.8) is 0 Å². The van der Waals surface area contributed by atoms with E-state index in [1.807, 2.05) is 48.5 Å². The van der Waals surface area contributed by atoms with Crippen molar-refractivity contribution in [3.05, 3.63) is 76.2 Å². The molecule has 9 nitrogen and oxygen atoms in total. The third kappa shape index (κ3) is 4.77. The largest absolute Gasteiger partial charge is 0.461 e. The molecule has 0 fully saturated rings. The predicted octanol–water partition coefficient (Wildman–Crippen LogP) is 3.52. The molecule has 0 aliphatic carbocycles. The summed E-state index contributed by atoms with van der Waals surface area (Å²) < 4.78 is 8.51. The molecule has 0 unspecified atom stereocenters. The van der Waals surface area contributed by atoms with Gasteiger partial charge >= 0.3 is 5.97 Å². The summed E-state index contributed by atoms with van der Waals surface area (Å²) >= 11 is 0. The highest BCUT2D eigenvalue weighted by Gasteiger charge is 2.19. The number of hydrogen-bond donors (Lipinski definition) is 1. The molecule has 4 rings (SSSR count). The number of esters is 1. The van der Waals surface area contributed by atoms with E-state index in [1.165, 1.54) is 6.07 Å². The Morgan fingerprint density at radius 1 is 1.03 bits per heavy atom. The van der Waals surface area contributed by atoms with Crippen LogP contribution in [0, 0.1) is 0 Å². The van der Waals surface area contributed by atoms with E-state index in [-0.39, 0.29) is 17.9 Å². The van der Waals surface area contributed by atoms with Gasteiger partial charge in [-0.1, -0.05) is 61.9 Å². The van der Waals surface area contributed by atoms with Crippen LogP contribution in [0.1, 0.15) is 42.7 Å². The second-order valence-corrected chi connectivity index (χ2v) is 7.60. The minimum Gasteiger partial charge on any atom is -0.461 e. The second kappa shape index (κ2) is 10.1. The number of nitrogens with zero attached hydrogens (tertiary/aromatic N) is 5. The average molecular weight is 447 g/mol. The minimum atomic E-state index is -0.490. The average Bonchev–Trinajstić information content (AvgIpc) is 3.47. The molecule has 1 N–H and O–H groups in total. The molecule has 170 valence electrons. The van der Waals surface area contributed by atoms with Crippen LogP contribution in [-0.4, -0.2) is 42.6 Å². The van der Waals surface area contributed by atoms with Gasteiger partial charge in [0.15, 0.2) is 0 Å². The molecule has 33 heavy (non-hydrogen) atoms. The van der Waals surface area contributed by atoms with E-state index in [1.54, 1.807) is 16.3 Å². The van der Waals surface area contributed by atoms with Crippen LogP contribution in [0.15, 0.2) is 59.4 Å². The summed E-state index contributed by atoms with van der Waals surface area (Å²) in [4.78, 5) is 25.0. The number of carbonyl (C=O) groups is 1. The Morgan fingerprint density at radius 2 is 1.79 bits per heavy atom. The molecule has 0 spiro atoms. The van der Waals surface area contributed by atoms with E-state index < -0.39 is 5.97 Å². The summed E-state index contributed by atoms with van der Waals surface area (Å²) in [6, 6.07) is 17.2. The number of unbranched alkanes of at least 4 members (excludes halogenated alkanes) is 1. The second-order valence-electron chi connectivity index (χ2n) is 7.60. The van der Waals surface area contributed by atoms with Crippen LogP contribution in [0.5, 0.6) is 0 Å². The van der Waals surface area contributed by atoms with E-state index in [4.69, 9.17) is 4.74 Å². The number of aromatic amines is 1. The number of carbonyl (C=O) groups excluding carboxylic acids is 1. The van der Waals surface area contributed by atoms with Crippen molar-refractivity contribution in [2.45, 2.75) is 39.8 Å². The van der Waals surface area contributed by atoms with Crippen molar-refractivity contribution in [3.8, 4) is 22.5 Å². The van der Waals surface area contributed by atoms with Gasteiger partial charge in [0.25, 0.3) is 5.56 Å². The molecule has 0 radical (unpaired) electrons. The number of nitrogens with one attached hydrogen (secondary N) is 1. The predicted molar refractivity (Wildman–Crippen MR) is 124 cm³/mol. The molecule has 0 atom stereocenters. The number of tetrazole rings is 1. The Hall–Kier alpha value is -4.01. The zero-order valence-electron chi connectivity index (χ0n) is 18.7. The number of hydrogen-bond acceptors (Lipinski definition) is 6. The van der Waals surface area contributed by atoms with Gasteiger partial charge in [-0.15, -0.1) is 10.2 Å². The lowest BCUT2D eigenvalue weighted by atomic mass is 9.98.